The average molecular weight is 242 g/mol. The number of nitrogens with zero attached hydrogens (tertiary/aromatic N) is 2. The smallest absolute Gasteiger partial charge is 0.434 e. The van der Waals surface area contributed by atoms with Gasteiger partial charge in [-0.1, -0.05) is 0 Å². The molecule has 0 atom stereocenters. The Labute approximate surface area is 96.1 Å². The maximum atomic E-state index is 11.3. The number of hydrogen-bond donors (Lipinski definition) is 0. The van der Waals surface area contributed by atoms with Crippen molar-refractivity contribution in [1.29, 1.82) is 0 Å². The Morgan fingerprint density at radius 3 is 2.12 bits per heavy atom. The fourth-order valence-electron chi connectivity index (χ4n) is 1.07. The molecule has 0 amide bonds. The van der Waals surface area contributed by atoms with E-state index >= 15 is 0 Å². The topological polar surface area (TPSA) is 96.7 Å². The molecule has 0 saturated carbocycles. The summed E-state index contributed by atoms with van der Waals surface area (Å²) in [5.41, 5.74) is -0.491. The van der Waals surface area contributed by atoms with Crippen LogP contribution < -0.4 is 0 Å². The van der Waals surface area contributed by atoms with Gasteiger partial charge in [-0.25, -0.2) is 14.4 Å². The quantitative estimate of drug-likeness (QED) is 0.534. The Kier molecular flexibility index (Phi) is 3.81. The molecule has 0 bridgehead atoms. The Bertz CT molecular complexity index is 431. The third-order valence-corrected chi connectivity index (χ3v) is 1.86. The minimum Gasteiger partial charge on any atom is -0.465 e. The van der Waals surface area contributed by atoms with E-state index in [2.05, 4.69) is 19.3 Å². The second-order valence-corrected chi connectivity index (χ2v) is 2.79. The highest BCUT2D eigenvalue weighted by atomic mass is 16.5. The van der Waals surface area contributed by atoms with Gasteiger partial charge in [0.05, 0.1) is 27.5 Å². The molecule has 1 aromatic heterocycles. The SMILES string of the molecule is COC(=O)c1cn(C(=O)OC)nc1C(=O)OC. The fraction of sp³-hybridized carbons (Fsp3) is 0.333. The number of carbonyl (C=O) groups is 3. The molecule has 8 heteroatoms. The van der Waals surface area contributed by atoms with Gasteiger partial charge in [0.2, 0.25) is 0 Å². The molecule has 0 unspecified atom stereocenters. The van der Waals surface area contributed by atoms with Gasteiger partial charge in [0.15, 0.2) is 5.69 Å². The Hall–Kier alpha value is -2.38. The van der Waals surface area contributed by atoms with E-state index < -0.39 is 18.0 Å². The Balaban J connectivity index is 3.26. The van der Waals surface area contributed by atoms with Gasteiger partial charge in [0.1, 0.15) is 5.56 Å². The first-order valence-electron chi connectivity index (χ1n) is 4.39. The molecule has 8 nitrogen and oxygen atoms in total. The molecule has 17 heavy (non-hydrogen) atoms. The molecule has 0 aliphatic heterocycles. The molecule has 0 spiro atoms. The van der Waals surface area contributed by atoms with Crippen molar-refractivity contribution in [3.05, 3.63) is 17.5 Å². The van der Waals surface area contributed by atoms with Crippen LogP contribution in [0.25, 0.3) is 0 Å². The zero-order valence-corrected chi connectivity index (χ0v) is 9.42. The minimum absolute atomic E-state index is 0.176. The summed E-state index contributed by atoms with van der Waals surface area (Å²) in [6, 6.07) is 0. The number of methoxy groups -OCH3 is 3. The lowest BCUT2D eigenvalue weighted by Crippen LogP contribution is -2.13. The number of rotatable bonds is 2. The lowest BCUT2D eigenvalue weighted by atomic mass is 10.2. The standard InChI is InChI=1S/C9H10N2O6/c1-15-7(12)5-4-11(9(14)17-3)10-6(5)8(13)16-2/h4H,1-3H3. The van der Waals surface area contributed by atoms with Gasteiger partial charge in [-0.2, -0.15) is 9.78 Å². The van der Waals surface area contributed by atoms with E-state index in [-0.39, 0.29) is 11.3 Å². The van der Waals surface area contributed by atoms with Crippen LogP contribution in [0.15, 0.2) is 6.20 Å². The van der Waals surface area contributed by atoms with Crippen LogP contribution in [0.4, 0.5) is 4.79 Å². The molecular weight excluding hydrogens is 232 g/mol. The van der Waals surface area contributed by atoms with Crippen LogP contribution in [0.5, 0.6) is 0 Å². The highest BCUT2D eigenvalue weighted by Gasteiger charge is 2.25. The second-order valence-electron chi connectivity index (χ2n) is 2.79. The summed E-state index contributed by atoms with van der Waals surface area (Å²) in [7, 11) is 3.40. The predicted molar refractivity (Wildman–Crippen MR) is 52.7 cm³/mol. The zero-order chi connectivity index (χ0) is 13.0. The van der Waals surface area contributed by atoms with Crippen molar-refractivity contribution in [2.24, 2.45) is 0 Å². The highest BCUT2D eigenvalue weighted by molar-refractivity contribution is 6.02. The largest absolute Gasteiger partial charge is 0.465 e. The summed E-state index contributed by atoms with van der Waals surface area (Å²) in [4.78, 5) is 33.8. The maximum Gasteiger partial charge on any atom is 0.434 e. The van der Waals surface area contributed by atoms with Crippen molar-refractivity contribution >= 4 is 18.0 Å². The van der Waals surface area contributed by atoms with E-state index in [1.165, 1.54) is 0 Å². The van der Waals surface area contributed by atoms with Crippen LogP contribution in [-0.4, -0.2) is 49.1 Å². The average Bonchev–Trinajstić information content (AvgIpc) is 2.80. The molecule has 0 radical (unpaired) electrons. The van der Waals surface area contributed by atoms with Crippen LogP contribution in [0.2, 0.25) is 0 Å². The lowest BCUT2D eigenvalue weighted by Gasteiger charge is -1.97. The first kappa shape index (κ1) is 12.7. The van der Waals surface area contributed by atoms with E-state index in [0.717, 1.165) is 27.5 Å². The number of esters is 2. The van der Waals surface area contributed by atoms with Gasteiger partial charge >= 0.3 is 18.0 Å². The van der Waals surface area contributed by atoms with Gasteiger partial charge < -0.3 is 14.2 Å². The molecule has 0 aliphatic rings. The maximum absolute atomic E-state index is 11.3. The summed E-state index contributed by atoms with van der Waals surface area (Å²) in [5, 5.41) is 3.59. The third-order valence-electron chi connectivity index (χ3n) is 1.86. The monoisotopic (exact) mass is 242 g/mol. The highest BCUT2D eigenvalue weighted by Crippen LogP contribution is 2.10. The summed E-state index contributed by atoms with van der Waals surface area (Å²) in [6.07, 6.45) is 0.189. The molecule has 0 N–H and O–H groups in total. The molecule has 92 valence electrons. The van der Waals surface area contributed by atoms with Gasteiger partial charge in [-0.15, -0.1) is 0 Å². The van der Waals surface area contributed by atoms with Crippen molar-refractivity contribution in [3.8, 4) is 0 Å². The molecule has 0 fully saturated rings. The summed E-state index contributed by atoms with van der Waals surface area (Å²) < 4.78 is 14.0. The van der Waals surface area contributed by atoms with Crippen LogP contribution in [-0.2, 0) is 14.2 Å². The molecule has 0 saturated heterocycles. The van der Waals surface area contributed by atoms with Crippen molar-refractivity contribution in [3.63, 3.8) is 0 Å². The van der Waals surface area contributed by atoms with E-state index in [1.54, 1.807) is 0 Å². The van der Waals surface area contributed by atoms with Gasteiger partial charge in [-0.3, -0.25) is 0 Å². The molecule has 1 heterocycles. The van der Waals surface area contributed by atoms with Crippen LogP contribution >= 0.6 is 0 Å². The normalized spacial score (nSPS) is 9.59. The van der Waals surface area contributed by atoms with Crippen molar-refractivity contribution in [1.82, 2.24) is 9.78 Å². The predicted octanol–water partition coefficient (Wildman–Crippen LogP) is 0.0708. The Morgan fingerprint density at radius 2 is 1.65 bits per heavy atom. The fourth-order valence-corrected chi connectivity index (χ4v) is 1.07. The summed E-state index contributed by atoms with van der Waals surface area (Å²) in [6.45, 7) is 0. The first-order chi connectivity index (χ1) is 8.04. The van der Waals surface area contributed by atoms with Gasteiger partial charge in [-0.05, 0) is 0 Å². The Morgan fingerprint density at radius 1 is 1.06 bits per heavy atom. The lowest BCUT2D eigenvalue weighted by molar-refractivity contribution is 0.0551. The number of aromatic nitrogens is 2. The third kappa shape index (κ3) is 2.41. The number of hydrogen-bond acceptors (Lipinski definition) is 7. The first-order valence-corrected chi connectivity index (χ1v) is 4.39. The second kappa shape index (κ2) is 5.10. The van der Waals surface area contributed by atoms with Crippen molar-refractivity contribution in [2.75, 3.05) is 21.3 Å². The van der Waals surface area contributed by atoms with Gasteiger partial charge in [0.25, 0.3) is 0 Å². The summed E-state index contributed by atoms with van der Waals surface area (Å²) >= 11 is 0. The molecule has 0 aromatic carbocycles. The zero-order valence-electron chi connectivity index (χ0n) is 9.42. The van der Waals surface area contributed by atoms with E-state index in [1.807, 2.05) is 0 Å². The van der Waals surface area contributed by atoms with E-state index in [4.69, 9.17) is 0 Å². The van der Waals surface area contributed by atoms with Crippen molar-refractivity contribution < 1.29 is 28.6 Å². The molecule has 0 aliphatic carbocycles. The number of carbonyl (C=O) groups excluding carboxylic acids is 3. The minimum atomic E-state index is -0.854. The van der Waals surface area contributed by atoms with Crippen molar-refractivity contribution in [2.45, 2.75) is 0 Å². The van der Waals surface area contributed by atoms with E-state index in [0.29, 0.717) is 4.68 Å². The van der Waals surface area contributed by atoms with Crippen LogP contribution in [0.1, 0.15) is 20.8 Å². The van der Waals surface area contributed by atoms with Crippen LogP contribution in [0, 0.1) is 0 Å². The number of ether oxygens (including phenoxy) is 3. The van der Waals surface area contributed by atoms with Gasteiger partial charge in [0, 0.05) is 0 Å². The van der Waals surface area contributed by atoms with Crippen LogP contribution in [0.3, 0.4) is 0 Å². The van der Waals surface area contributed by atoms with E-state index in [9.17, 15) is 14.4 Å². The molecule has 1 rings (SSSR count). The molecule has 1 aromatic rings. The summed E-state index contributed by atoms with van der Waals surface area (Å²) in [5.74, 6) is -1.66. The molecular formula is C9H10N2O6.